The Hall–Kier alpha value is -1.29. The highest BCUT2D eigenvalue weighted by Gasteiger charge is 2.06. The van der Waals surface area contributed by atoms with Gasteiger partial charge in [-0.1, -0.05) is 16.8 Å². The van der Waals surface area contributed by atoms with E-state index in [1.807, 2.05) is 0 Å². The molecule has 0 fully saturated rings. The molecule has 0 bridgehead atoms. The second kappa shape index (κ2) is 2.10. The van der Waals surface area contributed by atoms with E-state index in [1.54, 1.807) is 0 Å². The molecule has 0 aliphatic rings. The van der Waals surface area contributed by atoms with Gasteiger partial charge < -0.3 is 10.3 Å². The molecule has 0 saturated carbocycles. The first-order chi connectivity index (χ1) is 5.29. The lowest BCUT2D eigenvalue weighted by molar-refractivity contribution is 0.448. The summed E-state index contributed by atoms with van der Waals surface area (Å²) < 4.78 is 4.75. The van der Waals surface area contributed by atoms with E-state index in [-0.39, 0.29) is 0 Å². The molecule has 0 spiro atoms. The second-order valence-corrected chi connectivity index (χ2v) is 2.45. The minimum atomic E-state index is 0.407. The largest absolute Gasteiger partial charge is 0.396 e. The molecule has 4 nitrogen and oxygen atoms in total. The summed E-state index contributed by atoms with van der Waals surface area (Å²) in [4.78, 5) is 3.86. The average Bonchev–Trinajstić information content (AvgIpc) is 2.45. The fourth-order valence-electron chi connectivity index (χ4n) is 0.817. The van der Waals surface area contributed by atoms with Crippen LogP contribution >= 0.6 is 11.6 Å². The van der Waals surface area contributed by atoms with Gasteiger partial charge in [0.1, 0.15) is 0 Å². The smallest absolute Gasteiger partial charge is 0.259 e. The number of rotatable bonds is 0. The predicted molar refractivity (Wildman–Crippen MR) is 41.2 cm³/mol. The first-order valence-electron chi connectivity index (χ1n) is 2.93. The van der Waals surface area contributed by atoms with Crippen LogP contribution in [-0.2, 0) is 0 Å². The summed E-state index contributed by atoms with van der Waals surface area (Å²) >= 11 is 5.80. The Labute approximate surface area is 66.9 Å². The van der Waals surface area contributed by atoms with Gasteiger partial charge in [0.05, 0.1) is 28.5 Å². The number of nitrogen functional groups attached to an aromatic ring is 1. The van der Waals surface area contributed by atoms with Gasteiger partial charge in [-0.05, 0) is 0 Å². The van der Waals surface area contributed by atoms with E-state index in [0.717, 1.165) is 0 Å². The molecule has 2 rings (SSSR count). The molecule has 0 amide bonds. The maximum atomic E-state index is 5.80. The number of hydrogen-bond acceptors (Lipinski definition) is 4. The van der Waals surface area contributed by atoms with Crippen molar-refractivity contribution in [1.29, 1.82) is 0 Å². The highest BCUT2D eigenvalue weighted by atomic mass is 35.5. The highest BCUT2D eigenvalue weighted by Crippen LogP contribution is 2.26. The van der Waals surface area contributed by atoms with E-state index in [4.69, 9.17) is 21.9 Å². The van der Waals surface area contributed by atoms with E-state index < -0.39 is 0 Å². The number of aromatic nitrogens is 2. The molecular formula is C6H4ClN3O. The van der Waals surface area contributed by atoms with Crippen LogP contribution in [0.1, 0.15) is 0 Å². The zero-order valence-electron chi connectivity index (χ0n) is 5.41. The molecule has 0 aromatic carbocycles. The Morgan fingerprint density at radius 1 is 1.45 bits per heavy atom. The predicted octanol–water partition coefficient (Wildman–Crippen LogP) is 1.46. The van der Waals surface area contributed by atoms with Crippen molar-refractivity contribution < 1.29 is 4.52 Å². The number of nitrogens with two attached hydrogens (primary N) is 1. The van der Waals surface area contributed by atoms with E-state index in [9.17, 15) is 0 Å². The number of pyridine rings is 1. The molecule has 0 saturated heterocycles. The van der Waals surface area contributed by atoms with Crippen molar-refractivity contribution in [1.82, 2.24) is 10.1 Å². The zero-order valence-corrected chi connectivity index (χ0v) is 6.17. The Bertz CT molecular complexity index is 398. The summed E-state index contributed by atoms with van der Waals surface area (Å²) in [6.45, 7) is 0. The maximum Gasteiger partial charge on any atom is 0.259 e. The van der Waals surface area contributed by atoms with Gasteiger partial charge in [0.25, 0.3) is 5.71 Å². The average molecular weight is 170 g/mol. The van der Waals surface area contributed by atoms with Crippen LogP contribution in [0.15, 0.2) is 16.9 Å². The summed E-state index contributed by atoms with van der Waals surface area (Å²) in [7, 11) is 0. The van der Waals surface area contributed by atoms with Gasteiger partial charge in [-0.3, -0.25) is 0 Å². The Balaban J connectivity index is 2.93. The number of anilines is 1. The van der Waals surface area contributed by atoms with Crippen LogP contribution in [0.25, 0.3) is 11.1 Å². The summed E-state index contributed by atoms with van der Waals surface area (Å²) in [5.41, 5.74) is 6.32. The molecular weight excluding hydrogens is 166 g/mol. The monoisotopic (exact) mass is 169 g/mol. The molecule has 2 aromatic rings. The lowest BCUT2D eigenvalue weighted by Crippen LogP contribution is -1.87. The van der Waals surface area contributed by atoms with Crippen molar-refractivity contribution >= 4 is 28.4 Å². The SMILES string of the molecule is Nc1cnc2oncc2c1Cl. The van der Waals surface area contributed by atoms with E-state index in [0.29, 0.717) is 21.8 Å². The van der Waals surface area contributed by atoms with Crippen LogP contribution in [0.4, 0.5) is 5.69 Å². The van der Waals surface area contributed by atoms with Gasteiger partial charge >= 0.3 is 0 Å². The third-order valence-corrected chi connectivity index (χ3v) is 1.78. The normalized spacial score (nSPS) is 10.6. The van der Waals surface area contributed by atoms with Crippen molar-refractivity contribution in [2.24, 2.45) is 0 Å². The first kappa shape index (κ1) is 6.42. The van der Waals surface area contributed by atoms with Crippen LogP contribution in [0, 0.1) is 0 Å². The quantitative estimate of drug-likeness (QED) is 0.649. The molecule has 2 heterocycles. The van der Waals surface area contributed by atoms with Crippen LogP contribution in [-0.4, -0.2) is 10.1 Å². The summed E-state index contributed by atoms with van der Waals surface area (Å²) in [5.74, 6) is 0. The molecule has 0 aliphatic heterocycles. The molecule has 56 valence electrons. The first-order valence-corrected chi connectivity index (χ1v) is 3.31. The molecule has 0 aliphatic carbocycles. The lowest BCUT2D eigenvalue weighted by atomic mass is 10.3. The van der Waals surface area contributed by atoms with Crippen LogP contribution in [0.3, 0.4) is 0 Å². The molecule has 0 atom stereocenters. The summed E-state index contributed by atoms with van der Waals surface area (Å²) in [5, 5.41) is 4.61. The molecule has 0 unspecified atom stereocenters. The van der Waals surface area contributed by atoms with Gasteiger partial charge in [-0.2, -0.15) is 0 Å². The molecule has 11 heavy (non-hydrogen) atoms. The minimum Gasteiger partial charge on any atom is -0.396 e. The van der Waals surface area contributed by atoms with Crippen molar-refractivity contribution in [2.75, 3.05) is 5.73 Å². The van der Waals surface area contributed by atoms with Gasteiger partial charge in [0.2, 0.25) is 0 Å². The maximum absolute atomic E-state index is 5.80. The fraction of sp³-hybridized carbons (Fsp3) is 0. The standard InChI is InChI=1S/C6H4ClN3O/c7-5-3-1-10-11-6(3)9-2-4(5)8/h1-2H,8H2. The summed E-state index contributed by atoms with van der Waals surface area (Å²) in [6.07, 6.45) is 2.93. The number of nitrogens with zero attached hydrogens (tertiary/aromatic N) is 2. The zero-order chi connectivity index (χ0) is 7.84. The molecule has 5 heteroatoms. The highest BCUT2D eigenvalue weighted by molar-refractivity contribution is 6.37. The van der Waals surface area contributed by atoms with Crippen LogP contribution in [0.5, 0.6) is 0 Å². The fourth-order valence-corrected chi connectivity index (χ4v) is 0.996. The number of fused-ring (bicyclic) bond motifs is 1. The Morgan fingerprint density at radius 3 is 3.09 bits per heavy atom. The molecule has 0 radical (unpaired) electrons. The molecule has 2 N–H and O–H groups in total. The third kappa shape index (κ3) is 0.832. The van der Waals surface area contributed by atoms with Crippen molar-refractivity contribution in [3.8, 4) is 0 Å². The van der Waals surface area contributed by atoms with E-state index in [2.05, 4.69) is 10.1 Å². The van der Waals surface area contributed by atoms with Crippen molar-refractivity contribution in [3.05, 3.63) is 17.4 Å². The van der Waals surface area contributed by atoms with Crippen LogP contribution < -0.4 is 5.73 Å². The van der Waals surface area contributed by atoms with Crippen LogP contribution in [0.2, 0.25) is 5.02 Å². The Morgan fingerprint density at radius 2 is 2.27 bits per heavy atom. The topological polar surface area (TPSA) is 64.9 Å². The second-order valence-electron chi connectivity index (χ2n) is 2.07. The minimum absolute atomic E-state index is 0.407. The lowest BCUT2D eigenvalue weighted by Gasteiger charge is -1.93. The van der Waals surface area contributed by atoms with Crippen molar-refractivity contribution in [2.45, 2.75) is 0 Å². The van der Waals surface area contributed by atoms with Gasteiger partial charge in [0, 0.05) is 0 Å². The van der Waals surface area contributed by atoms with Gasteiger partial charge in [-0.25, -0.2) is 4.98 Å². The van der Waals surface area contributed by atoms with E-state index in [1.165, 1.54) is 12.4 Å². The summed E-state index contributed by atoms with van der Waals surface area (Å²) in [6, 6.07) is 0. The third-order valence-electron chi connectivity index (χ3n) is 1.36. The van der Waals surface area contributed by atoms with Crippen molar-refractivity contribution in [3.63, 3.8) is 0 Å². The number of hydrogen-bond donors (Lipinski definition) is 1. The number of halogens is 1. The van der Waals surface area contributed by atoms with E-state index >= 15 is 0 Å². The molecule has 2 aromatic heterocycles. The Kier molecular flexibility index (Phi) is 1.22. The van der Waals surface area contributed by atoms with Gasteiger partial charge in [0.15, 0.2) is 0 Å². The van der Waals surface area contributed by atoms with Gasteiger partial charge in [-0.15, -0.1) is 0 Å².